The molecule has 0 aliphatic carbocycles. The van der Waals surface area contributed by atoms with Crippen molar-refractivity contribution >= 4 is 23.4 Å². The van der Waals surface area contributed by atoms with Gasteiger partial charge in [-0.2, -0.15) is 11.8 Å². The van der Waals surface area contributed by atoms with Crippen LogP contribution in [-0.2, 0) is 4.79 Å². The van der Waals surface area contributed by atoms with E-state index in [4.69, 9.17) is 10.5 Å². The van der Waals surface area contributed by atoms with Crippen LogP contribution in [0.4, 0.5) is 5.69 Å². The summed E-state index contributed by atoms with van der Waals surface area (Å²) >= 11 is 1.72. The molecule has 0 aromatic heterocycles. The molecule has 0 radical (unpaired) electrons. The molecule has 1 atom stereocenters. The van der Waals surface area contributed by atoms with E-state index in [1.54, 1.807) is 23.9 Å². The van der Waals surface area contributed by atoms with Gasteiger partial charge < -0.3 is 15.8 Å². The quantitative estimate of drug-likeness (QED) is 0.741. The average Bonchev–Trinajstić information content (AvgIpc) is 2.37. The summed E-state index contributed by atoms with van der Waals surface area (Å²) in [7, 11) is 0. The van der Waals surface area contributed by atoms with Crippen LogP contribution >= 0.6 is 11.8 Å². The zero-order valence-corrected chi connectivity index (χ0v) is 11.6. The number of para-hydroxylation sites is 2. The first kappa shape index (κ1) is 14.7. The maximum atomic E-state index is 11.7. The second kappa shape index (κ2) is 7.87. The second-order valence-electron chi connectivity index (χ2n) is 3.95. The smallest absolute Gasteiger partial charge is 0.258 e. The topological polar surface area (TPSA) is 64.3 Å². The fourth-order valence-electron chi connectivity index (χ4n) is 1.49. The van der Waals surface area contributed by atoms with Gasteiger partial charge >= 0.3 is 0 Å². The Bertz CT molecular complexity index is 385. The van der Waals surface area contributed by atoms with Crippen molar-refractivity contribution in [3.63, 3.8) is 0 Å². The van der Waals surface area contributed by atoms with Crippen LogP contribution in [0.15, 0.2) is 24.3 Å². The lowest BCUT2D eigenvalue weighted by Crippen LogP contribution is -2.39. The molecule has 0 aliphatic heterocycles. The molecule has 0 aliphatic rings. The van der Waals surface area contributed by atoms with Gasteiger partial charge in [0.25, 0.3) is 5.91 Å². The van der Waals surface area contributed by atoms with Gasteiger partial charge in [0.1, 0.15) is 5.75 Å². The van der Waals surface area contributed by atoms with Gasteiger partial charge in [0.15, 0.2) is 6.61 Å². The van der Waals surface area contributed by atoms with Gasteiger partial charge in [0.05, 0.1) is 5.69 Å². The largest absolute Gasteiger partial charge is 0.482 e. The van der Waals surface area contributed by atoms with E-state index in [9.17, 15) is 4.79 Å². The molecule has 1 aromatic carbocycles. The predicted molar refractivity (Wildman–Crippen MR) is 77.0 cm³/mol. The van der Waals surface area contributed by atoms with E-state index in [0.29, 0.717) is 11.4 Å². The molecular formula is C13H20N2O2S. The maximum Gasteiger partial charge on any atom is 0.258 e. The summed E-state index contributed by atoms with van der Waals surface area (Å²) in [5.41, 5.74) is 6.26. The van der Waals surface area contributed by atoms with Crippen LogP contribution in [0.1, 0.15) is 13.3 Å². The third-order valence-corrected chi connectivity index (χ3v) is 3.24. The highest BCUT2D eigenvalue weighted by molar-refractivity contribution is 7.98. The van der Waals surface area contributed by atoms with E-state index in [2.05, 4.69) is 12.2 Å². The number of nitrogens with two attached hydrogens (primary N) is 1. The number of nitrogen functional groups attached to an aromatic ring is 1. The summed E-state index contributed by atoms with van der Waals surface area (Å²) in [6.45, 7) is 2.05. The molecule has 3 N–H and O–H groups in total. The maximum absolute atomic E-state index is 11.7. The fourth-order valence-corrected chi connectivity index (χ4v) is 2.21. The number of thioether (sulfide) groups is 1. The Morgan fingerprint density at radius 2 is 2.22 bits per heavy atom. The van der Waals surface area contributed by atoms with E-state index in [1.807, 2.05) is 18.4 Å². The van der Waals surface area contributed by atoms with Crippen LogP contribution in [0.3, 0.4) is 0 Å². The van der Waals surface area contributed by atoms with Crippen molar-refractivity contribution in [1.82, 2.24) is 5.32 Å². The summed E-state index contributed by atoms with van der Waals surface area (Å²) in [6.07, 6.45) is 2.94. The van der Waals surface area contributed by atoms with Gasteiger partial charge in [-0.15, -0.1) is 0 Å². The van der Waals surface area contributed by atoms with Crippen LogP contribution in [-0.4, -0.2) is 30.6 Å². The van der Waals surface area contributed by atoms with Crippen LogP contribution in [0.25, 0.3) is 0 Å². The van der Waals surface area contributed by atoms with Crippen molar-refractivity contribution in [2.75, 3.05) is 24.3 Å². The SMILES string of the molecule is CCC(CSC)NC(=O)COc1ccccc1N. The third kappa shape index (κ3) is 4.87. The minimum Gasteiger partial charge on any atom is -0.482 e. The standard InChI is InChI=1S/C13H20N2O2S/c1-3-10(9-18-2)15-13(16)8-17-12-7-5-4-6-11(12)14/h4-7,10H,3,8-9,14H2,1-2H3,(H,15,16). The first-order valence-electron chi connectivity index (χ1n) is 5.93. The van der Waals surface area contributed by atoms with Gasteiger partial charge in [-0.1, -0.05) is 19.1 Å². The van der Waals surface area contributed by atoms with Crippen LogP contribution < -0.4 is 15.8 Å². The molecule has 1 amide bonds. The molecule has 18 heavy (non-hydrogen) atoms. The van der Waals surface area contributed by atoms with Gasteiger partial charge in [-0.25, -0.2) is 0 Å². The number of hydrogen-bond donors (Lipinski definition) is 2. The molecule has 0 bridgehead atoms. The van der Waals surface area contributed by atoms with Crippen LogP contribution in [0.5, 0.6) is 5.75 Å². The van der Waals surface area contributed by atoms with Crippen molar-refractivity contribution in [3.8, 4) is 5.75 Å². The lowest BCUT2D eigenvalue weighted by atomic mass is 10.2. The Balaban J connectivity index is 2.39. The highest BCUT2D eigenvalue weighted by Gasteiger charge is 2.10. The highest BCUT2D eigenvalue weighted by Crippen LogP contribution is 2.19. The average molecular weight is 268 g/mol. The molecule has 0 saturated heterocycles. The minimum absolute atomic E-state index is 0.000899. The number of anilines is 1. The van der Waals surface area contributed by atoms with Crippen molar-refractivity contribution in [1.29, 1.82) is 0 Å². The van der Waals surface area contributed by atoms with Crippen molar-refractivity contribution in [3.05, 3.63) is 24.3 Å². The summed E-state index contributed by atoms with van der Waals surface area (Å²) in [5, 5.41) is 2.93. The molecular weight excluding hydrogens is 248 g/mol. The van der Waals surface area contributed by atoms with Crippen molar-refractivity contribution in [2.24, 2.45) is 0 Å². The van der Waals surface area contributed by atoms with Gasteiger partial charge in [-0.05, 0) is 24.8 Å². The number of nitrogens with one attached hydrogen (secondary N) is 1. The molecule has 0 saturated carbocycles. The number of rotatable bonds is 7. The number of amides is 1. The Labute approximate surface area is 112 Å². The van der Waals surface area contributed by atoms with Gasteiger partial charge in [0, 0.05) is 11.8 Å². The van der Waals surface area contributed by atoms with Gasteiger partial charge in [0.2, 0.25) is 0 Å². The zero-order valence-electron chi connectivity index (χ0n) is 10.8. The normalized spacial score (nSPS) is 11.9. The van der Waals surface area contributed by atoms with Crippen LogP contribution in [0.2, 0.25) is 0 Å². The molecule has 0 fully saturated rings. The Morgan fingerprint density at radius 3 is 2.83 bits per heavy atom. The lowest BCUT2D eigenvalue weighted by Gasteiger charge is -2.16. The van der Waals surface area contributed by atoms with E-state index < -0.39 is 0 Å². The minimum atomic E-state index is -0.112. The molecule has 1 rings (SSSR count). The van der Waals surface area contributed by atoms with E-state index in [-0.39, 0.29) is 18.6 Å². The summed E-state index contributed by atoms with van der Waals surface area (Å²) in [5.74, 6) is 1.35. The van der Waals surface area contributed by atoms with Crippen molar-refractivity contribution in [2.45, 2.75) is 19.4 Å². The number of hydrogen-bond acceptors (Lipinski definition) is 4. The number of ether oxygens (including phenoxy) is 1. The monoisotopic (exact) mass is 268 g/mol. The molecule has 1 unspecified atom stereocenters. The molecule has 0 heterocycles. The number of benzene rings is 1. The number of carbonyl (C=O) groups is 1. The lowest BCUT2D eigenvalue weighted by molar-refractivity contribution is -0.123. The molecule has 100 valence electrons. The highest BCUT2D eigenvalue weighted by atomic mass is 32.2. The van der Waals surface area contributed by atoms with E-state index >= 15 is 0 Å². The summed E-state index contributed by atoms with van der Waals surface area (Å²) in [6, 6.07) is 7.35. The predicted octanol–water partition coefficient (Wildman–Crippen LogP) is 1.91. The van der Waals surface area contributed by atoms with Gasteiger partial charge in [-0.3, -0.25) is 4.79 Å². The Hall–Kier alpha value is -1.36. The molecule has 4 nitrogen and oxygen atoms in total. The first-order valence-corrected chi connectivity index (χ1v) is 7.32. The molecule has 5 heteroatoms. The third-order valence-electron chi connectivity index (χ3n) is 2.50. The molecule has 0 spiro atoms. The van der Waals surface area contributed by atoms with Crippen LogP contribution in [0, 0.1) is 0 Å². The second-order valence-corrected chi connectivity index (χ2v) is 4.87. The Morgan fingerprint density at radius 1 is 1.50 bits per heavy atom. The summed E-state index contributed by atoms with van der Waals surface area (Å²) < 4.78 is 5.38. The zero-order chi connectivity index (χ0) is 13.4. The first-order chi connectivity index (χ1) is 8.67. The van der Waals surface area contributed by atoms with E-state index in [1.165, 1.54) is 0 Å². The molecule has 1 aromatic rings. The fraction of sp³-hybridized carbons (Fsp3) is 0.462. The van der Waals surface area contributed by atoms with Crippen molar-refractivity contribution < 1.29 is 9.53 Å². The summed E-state index contributed by atoms with van der Waals surface area (Å²) in [4.78, 5) is 11.7. The Kier molecular flexibility index (Phi) is 6.43. The number of carbonyl (C=O) groups excluding carboxylic acids is 1. The van der Waals surface area contributed by atoms with E-state index in [0.717, 1.165) is 12.2 Å².